The molecule has 2 aliphatic carbocycles. The normalized spacial score (nSPS) is 22.0. The zero-order chi connectivity index (χ0) is 15.8. The Hall–Kier alpha value is -1.43. The molecule has 1 heterocycles. The van der Waals surface area contributed by atoms with Crippen molar-refractivity contribution in [2.24, 2.45) is 5.73 Å². The number of aryl methyl sites for hydroxylation is 2. The van der Waals surface area contributed by atoms with Gasteiger partial charge in [0.2, 0.25) is 5.91 Å². The van der Waals surface area contributed by atoms with Gasteiger partial charge in [-0.05, 0) is 49.7 Å². The maximum Gasteiger partial charge on any atom is 0.233 e. The summed E-state index contributed by atoms with van der Waals surface area (Å²) < 4.78 is 0. The summed E-state index contributed by atoms with van der Waals surface area (Å²) in [5, 5.41) is 3.79. The minimum atomic E-state index is -0.0527. The van der Waals surface area contributed by atoms with Gasteiger partial charge in [-0.1, -0.05) is 24.3 Å². The topological polar surface area (TPSA) is 68.0 Å². The van der Waals surface area contributed by atoms with E-state index in [0.29, 0.717) is 0 Å². The van der Waals surface area contributed by atoms with E-state index in [0.717, 1.165) is 49.4 Å². The SMILES string of the molecule is Cl.N[C@H]1CCc2nc(NC(=O)C3CCCc4ccccc43)sc2C1. The predicted molar refractivity (Wildman–Crippen MR) is 100 cm³/mol. The molecular formula is C18H22ClN3OS. The number of nitrogens with two attached hydrogens (primary N) is 1. The molecule has 4 nitrogen and oxygen atoms in total. The molecule has 24 heavy (non-hydrogen) atoms. The van der Waals surface area contributed by atoms with E-state index >= 15 is 0 Å². The molecule has 0 radical (unpaired) electrons. The molecule has 3 N–H and O–H groups in total. The predicted octanol–water partition coefficient (Wildman–Crippen LogP) is 3.44. The highest BCUT2D eigenvalue weighted by Gasteiger charge is 2.27. The third-order valence-corrected chi connectivity index (χ3v) is 5.93. The van der Waals surface area contributed by atoms with Crippen LogP contribution in [0.2, 0.25) is 0 Å². The van der Waals surface area contributed by atoms with Crippen LogP contribution in [-0.2, 0) is 24.1 Å². The number of amides is 1. The van der Waals surface area contributed by atoms with Crippen molar-refractivity contribution in [1.82, 2.24) is 4.98 Å². The van der Waals surface area contributed by atoms with Crippen LogP contribution in [0, 0.1) is 0 Å². The lowest BCUT2D eigenvalue weighted by molar-refractivity contribution is -0.117. The maximum atomic E-state index is 12.7. The summed E-state index contributed by atoms with van der Waals surface area (Å²) in [6.07, 6.45) is 5.85. The number of aromatic nitrogens is 1. The molecular weight excluding hydrogens is 342 g/mol. The smallest absolute Gasteiger partial charge is 0.233 e. The van der Waals surface area contributed by atoms with Gasteiger partial charge in [-0.2, -0.15) is 0 Å². The van der Waals surface area contributed by atoms with Gasteiger partial charge < -0.3 is 11.1 Å². The molecule has 6 heteroatoms. The average Bonchev–Trinajstić information content (AvgIpc) is 2.95. The third kappa shape index (κ3) is 3.34. The molecule has 1 amide bonds. The summed E-state index contributed by atoms with van der Waals surface area (Å²) in [6, 6.07) is 8.53. The lowest BCUT2D eigenvalue weighted by Crippen LogP contribution is -2.27. The van der Waals surface area contributed by atoms with Crippen molar-refractivity contribution in [1.29, 1.82) is 0 Å². The zero-order valence-electron chi connectivity index (χ0n) is 13.5. The van der Waals surface area contributed by atoms with E-state index in [-0.39, 0.29) is 30.3 Å². The second-order valence-corrected chi connectivity index (χ2v) is 7.61. The molecule has 2 atom stereocenters. The number of carbonyl (C=O) groups excluding carboxylic acids is 1. The standard InChI is InChI=1S/C18H21N3OS.ClH/c19-12-8-9-15-16(10-12)23-18(20-15)21-17(22)14-7-3-5-11-4-1-2-6-13(11)14;/h1-2,4,6,12,14H,3,5,7-10,19H2,(H,20,21,22);1H/t12-,14?;/m0./s1. The van der Waals surface area contributed by atoms with Crippen LogP contribution in [-0.4, -0.2) is 16.9 Å². The van der Waals surface area contributed by atoms with Gasteiger partial charge in [-0.15, -0.1) is 23.7 Å². The van der Waals surface area contributed by atoms with Crippen LogP contribution in [0.1, 0.15) is 46.9 Å². The molecule has 4 rings (SSSR count). The number of hydrogen-bond donors (Lipinski definition) is 2. The number of hydrogen-bond acceptors (Lipinski definition) is 4. The van der Waals surface area contributed by atoms with E-state index in [2.05, 4.69) is 28.5 Å². The fourth-order valence-corrected chi connectivity index (χ4v) is 4.78. The Morgan fingerprint density at radius 3 is 2.96 bits per heavy atom. The number of halogens is 1. The van der Waals surface area contributed by atoms with Crippen molar-refractivity contribution < 1.29 is 4.79 Å². The van der Waals surface area contributed by atoms with Gasteiger partial charge >= 0.3 is 0 Å². The number of benzene rings is 1. The van der Waals surface area contributed by atoms with Crippen molar-refractivity contribution >= 4 is 34.8 Å². The summed E-state index contributed by atoms with van der Waals surface area (Å²) in [5.74, 6) is 0.0238. The van der Waals surface area contributed by atoms with Crippen molar-refractivity contribution in [2.45, 2.75) is 50.5 Å². The Morgan fingerprint density at radius 2 is 2.08 bits per heavy atom. The Labute approximate surface area is 152 Å². The highest BCUT2D eigenvalue weighted by Crippen LogP contribution is 2.34. The molecule has 0 bridgehead atoms. The first-order valence-electron chi connectivity index (χ1n) is 8.33. The van der Waals surface area contributed by atoms with Crippen LogP contribution in [0.3, 0.4) is 0 Å². The van der Waals surface area contributed by atoms with Gasteiger partial charge in [0, 0.05) is 10.9 Å². The van der Waals surface area contributed by atoms with Gasteiger partial charge in [-0.3, -0.25) is 4.79 Å². The molecule has 128 valence electrons. The first-order chi connectivity index (χ1) is 11.2. The number of fused-ring (bicyclic) bond motifs is 2. The van der Waals surface area contributed by atoms with Crippen LogP contribution in [0.5, 0.6) is 0 Å². The van der Waals surface area contributed by atoms with Crippen LogP contribution >= 0.6 is 23.7 Å². The van der Waals surface area contributed by atoms with E-state index in [1.807, 2.05) is 6.07 Å². The molecule has 2 aliphatic rings. The Balaban J connectivity index is 0.00000169. The van der Waals surface area contributed by atoms with Crippen molar-refractivity contribution in [3.8, 4) is 0 Å². The quantitative estimate of drug-likeness (QED) is 0.858. The van der Waals surface area contributed by atoms with Crippen molar-refractivity contribution in [3.63, 3.8) is 0 Å². The average molecular weight is 364 g/mol. The zero-order valence-corrected chi connectivity index (χ0v) is 15.1. The molecule has 0 aliphatic heterocycles. The summed E-state index contributed by atoms with van der Waals surface area (Å²) in [6.45, 7) is 0. The molecule has 1 aromatic carbocycles. The van der Waals surface area contributed by atoms with Crippen LogP contribution in [0.25, 0.3) is 0 Å². The van der Waals surface area contributed by atoms with Crippen LogP contribution < -0.4 is 11.1 Å². The molecule has 0 saturated heterocycles. The van der Waals surface area contributed by atoms with E-state index in [9.17, 15) is 4.79 Å². The van der Waals surface area contributed by atoms with E-state index in [1.165, 1.54) is 16.0 Å². The number of carbonyl (C=O) groups is 1. The molecule has 0 spiro atoms. The van der Waals surface area contributed by atoms with Crippen molar-refractivity contribution in [3.05, 3.63) is 46.0 Å². The minimum absolute atomic E-state index is 0. The summed E-state index contributed by atoms with van der Waals surface area (Å²) in [5.41, 5.74) is 9.63. The molecule has 2 aromatic rings. The monoisotopic (exact) mass is 363 g/mol. The maximum absolute atomic E-state index is 12.7. The lowest BCUT2D eigenvalue weighted by Gasteiger charge is -2.24. The Bertz CT molecular complexity index is 746. The Kier molecular flexibility index (Phi) is 5.23. The minimum Gasteiger partial charge on any atom is -0.327 e. The van der Waals surface area contributed by atoms with E-state index in [1.54, 1.807) is 11.3 Å². The molecule has 0 saturated carbocycles. The first kappa shape index (κ1) is 17.4. The molecule has 0 fully saturated rings. The summed E-state index contributed by atoms with van der Waals surface area (Å²) in [7, 11) is 0. The Morgan fingerprint density at radius 1 is 1.25 bits per heavy atom. The second kappa shape index (κ2) is 7.21. The molecule has 1 unspecified atom stereocenters. The van der Waals surface area contributed by atoms with Gasteiger partial charge in [0.15, 0.2) is 5.13 Å². The fourth-order valence-electron chi connectivity index (χ4n) is 3.67. The first-order valence-corrected chi connectivity index (χ1v) is 9.15. The summed E-state index contributed by atoms with van der Waals surface area (Å²) in [4.78, 5) is 18.6. The lowest BCUT2D eigenvalue weighted by atomic mass is 9.82. The number of nitrogens with one attached hydrogen (secondary N) is 1. The van der Waals surface area contributed by atoms with Gasteiger partial charge in [-0.25, -0.2) is 4.98 Å². The fraction of sp³-hybridized carbons (Fsp3) is 0.444. The number of rotatable bonds is 2. The second-order valence-electron chi connectivity index (χ2n) is 6.52. The number of anilines is 1. The van der Waals surface area contributed by atoms with Gasteiger partial charge in [0.25, 0.3) is 0 Å². The van der Waals surface area contributed by atoms with Crippen molar-refractivity contribution in [2.75, 3.05) is 5.32 Å². The van der Waals surface area contributed by atoms with Gasteiger partial charge in [0.1, 0.15) is 0 Å². The highest BCUT2D eigenvalue weighted by atomic mass is 35.5. The summed E-state index contributed by atoms with van der Waals surface area (Å²) >= 11 is 1.59. The largest absolute Gasteiger partial charge is 0.327 e. The van der Waals surface area contributed by atoms with Crippen LogP contribution in [0.4, 0.5) is 5.13 Å². The van der Waals surface area contributed by atoms with E-state index < -0.39 is 0 Å². The van der Waals surface area contributed by atoms with E-state index in [4.69, 9.17) is 5.73 Å². The number of nitrogens with zero attached hydrogens (tertiary/aromatic N) is 1. The third-order valence-electron chi connectivity index (χ3n) is 4.89. The van der Waals surface area contributed by atoms with Crippen LogP contribution in [0.15, 0.2) is 24.3 Å². The van der Waals surface area contributed by atoms with Gasteiger partial charge in [0.05, 0.1) is 11.6 Å². The highest BCUT2D eigenvalue weighted by molar-refractivity contribution is 7.15. The number of thiazole rings is 1. The molecule has 1 aromatic heterocycles.